The smallest absolute Gasteiger partial charge is 0.414 e. The van der Waals surface area contributed by atoms with Crippen LogP contribution in [-0.2, 0) is 30.8 Å². The highest BCUT2D eigenvalue weighted by Crippen LogP contribution is 2.46. The van der Waals surface area contributed by atoms with Crippen LogP contribution in [0.1, 0.15) is 64.3 Å². The van der Waals surface area contributed by atoms with Gasteiger partial charge in [-0.2, -0.15) is 8.90 Å². The summed E-state index contributed by atoms with van der Waals surface area (Å²) in [6.07, 6.45) is 12.0. The summed E-state index contributed by atoms with van der Waals surface area (Å²) in [6.45, 7) is 6.91. The number of unbranched alkanes of at least 4 members (excludes halogenated alkanes) is 2. The summed E-state index contributed by atoms with van der Waals surface area (Å²) < 4.78 is 47.0. The highest BCUT2D eigenvalue weighted by molar-refractivity contribution is 8.03. The third-order valence-corrected chi connectivity index (χ3v) is 12.0. The summed E-state index contributed by atoms with van der Waals surface area (Å²) in [5.74, 6) is 0.262. The van der Waals surface area contributed by atoms with Gasteiger partial charge in [-0.1, -0.05) is 53.4 Å². The van der Waals surface area contributed by atoms with Gasteiger partial charge in [-0.05, 0) is 94.4 Å². The number of rotatable bonds is 16. The van der Waals surface area contributed by atoms with Gasteiger partial charge in [0.05, 0.1) is 26.5 Å². The second kappa shape index (κ2) is 18.3. The van der Waals surface area contributed by atoms with Crippen molar-refractivity contribution in [1.82, 2.24) is 4.90 Å². The minimum Gasteiger partial charge on any atom is -0.748 e. The fraction of sp³-hybridized carbons (Fsp3) is 0.405. The van der Waals surface area contributed by atoms with Crippen molar-refractivity contribution in [2.45, 2.75) is 76.3 Å². The number of hydrogen-bond donors (Lipinski definition) is 0. The van der Waals surface area contributed by atoms with Gasteiger partial charge in [0.15, 0.2) is 6.54 Å². The molecule has 0 saturated carbocycles. The van der Waals surface area contributed by atoms with Crippen molar-refractivity contribution in [3.63, 3.8) is 0 Å². The molecule has 0 bridgehead atoms. The molecule has 5 rings (SSSR count). The quantitative estimate of drug-likeness (QED) is 0.0357. The molecule has 1 aliphatic carbocycles. The lowest BCUT2D eigenvalue weighted by molar-refractivity contribution is -0.777. The molecule has 1 aromatic heterocycles. The molecular formula is C37H44N3O8S4-. The third-order valence-electron chi connectivity index (χ3n) is 8.36. The third kappa shape index (κ3) is 10.9. The zero-order chi connectivity index (χ0) is 37.3. The van der Waals surface area contributed by atoms with E-state index in [1.165, 1.54) is 4.90 Å². The molecule has 0 atom stereocenters. The molecule has 0 radical (unpaired) electrons. The average Bonchev–Trinajstić information content (AvgIpc) is 3.77. The van der Waals surface area contributed by atoms with Crippen molar-refractivity contribution >= 4 is 73.3 Å². The minimum atomic E-state index is -4.26. The second-order valence-electron chi connectivity index (χ2n) is 13.4. The summed E-state index contributed by atoms with van der Waals surface area (Å²) in [7, 11) is -2.51. The van der Waals surface area contributed by atoms with Crippen molar-refractivity contribution in [3.05, 3.63) is 93.6 Å². The Labute approximate surface area is 318 Å². The molecule has 1 aliphatic heterocycles. The number of aromatic nitrogens is 1. The highest BCUT2D eigenvalue weighted by Gasteiger charge is 2.30. The van der Waals surface area contributed by atoms with E-state index in [2.05, 4.69) is 61.3 Å². The maximum absolute atomic E-state index is 13.5. The van der Waals surface area contributed by atoms with Crippen LogP contribution >= 0.6 is 35.1 Å². The number of amides is 1. The number of aryl methyl sites for hydroxylation is 1. The van der Waals surface area contributed by atoms with Crippen LogP contribution in [0.3, 0.4) is 0 Å². The lowest BCUT2D eigenvalue weighted by atomic mass is 10.1. The van der Waals surface area contributed by atoms with Crippen LogP contribution in [-0.4, -0.2) is 54.7 Å². The van der Waals surface area contributed by atoms with E-state index in [4.69, 9.17) is 4.74 Å². The predicted molar refractivity (Wildman–Crippen MR) is 205 cm³/mol. The molecule has 3 aromatic rings. The first kappa shape index (κ1) is 40.0. The van der Waals surface area contributed by atoms with E-state index < -0.39 is 21.8 Å². The van der Waals surface area contributed by atoms with Crippen LogP contribution in [0.2, 0.25) is 0 Å². The monoisotopic (exact) mass is 786 g/mol. The zero-order valence-corrected chi connectivity index (χ0v) is 33.0. The van der Waals surface area contributed by atoms with E-state index in [-0.39, 0.29) is 5.75 Å². The van der Waals surface area contributed by atoms with Crippen molar-refractivity contribution in [2.75, 3.05) is 30.0 Å². The Morgan fingerprint density at radius 2 is 1.81 bits per heavy atom. The number of hydrogen-bond acceptors (Lipinski definition) is 12. The Bertz CT molecular complexity index is 1960. The number of fused-ring (bicyclic) bond motifs is 2. The van der Waals surface area contributed by atoms with Crippen LogP contribution in [0.5, 0.6) is 0 Å². The van der Waals surface area contributed by atoms with Gasteiger partial charge in [-0.3, -0.25) is 9.94 Å². The Morgan fingerprint density at radius 1 is 1.04 bits per heavy atom. The lowest BCUT2D eigenvalue weighted by Gasteiger charge is -2.26. The van der Waals surface area contributed by atoms with Crippen molar-refractivity contribution in [1.29, 1.82) is 0 Å². The number of ether oxygens (including phenoxy) is 1. The highest BCUT2D eigenvalue weighted by atomic mass is 32.2. The number of carbonyl (C=O) groups excluding carboxylic acids is 1. The van der Waals surface area contributed by atoms with E-state index in [0.717, 1.165) is 87.1 Å². The van der Waals surface area contributed by atoms with Gasteiger partial charge in [-0.25, -0.2) is 13.2 Å². The molecule has 2 aliphatic rings. The molecule has 2 aromatic carbocycles. The first-order valence-electron chi connectivity index (χ1n) is 17.1. The number of benzene rings is 2. The first-order valence-corrected chi connectivity index (χ1v) is 21.2. The van der Waals surface area contributed by atoms with Gasteiger partial charge >= 0.3 is 6.09 Å². The maximum atomic E-state index is 13.5. The van der Waals surface area contributed by atoms with Gasteiger partial charge < -0.3 is 19.4 Å². The predicted octanol–water partition coefficient (Wildman–Crippen LogP) is 7.47. The number of anilines is 1. The number of nitrogens with zero attached hydrogens (tertiary/aromatic N) is 3. The van der Waals surface area contributed by atoms with Gasteiger partial charge in [0.25, 0.3) is 5.01 Å². The van der Waals surface area contributed by atoms with E-state index in [0.29, 0.717) is 25.1 Å². The van der Waals surface area contributed by atoms with Crippen molar-refractivity contribution in [3.8, 4) is 0 Å². The van der Waals surface area contributed by atoms with E-state index in [9.17, 15) is 23.0 Å². The molecule has 2 heterocycles. The summed E-state index contributed by atoms with van der Waals surface area (Å²) in [5, 5.41) is 15.6. The number of likely N-dealkylation sites (N-methyl/N-ethyl adjacent to an activating group) is 1. The summed E-state index contributed by atoms with van der Waals surface area (Å²) in [5.41, 5.74) is 4.35. The average molecular weight is 787 g/mol. The fourth-order valence-electron chi connectivity index (χ4n) is 6.08. The van der Waals surface area contributed by atoms with Gasteiger partial charge in [0, 0.05) is 60.6 Å². The Kier molecular flexibility index (Phi) is 14.1. The first-order chi connectivity index (χ1) is 24.8. The number of thioether (sulfide) groups is 1. The molecule has 0 spiro atoms. The Morgan fingerprint density at radius 3 is 2.58 bits per heavy atom. The fourth-order valence-corrected chi connectivity index (χ4v) is 9.25. The van der Waals surface area contributed by atoms with Crippen LogP contribution in [0, 0.1) is 0 Å². The summed E-state index contributed by atoms with van der Waals surface area (Å²) >= 11 is 4.34. The minimum absolute atomic E-state index is 0.290. The topological polar surface area (TPSA) is 135 Å². The van der Waals surface area contributed by atoms with Crippen molar-refractivity contribution in [2.24, 2.45) is 0 Å². The van der Waals surface area contributed by atoms with E-state index in [1.54, 1.807) is 35.0 Å². The van der Waals surface area contributed by atoms with Crippen LogP contribution in [0.4, 0.5) is 10.5 Å². The van der Waals surface area contributed by atoms with Gasteiger partial charge in [0.2, 0.25) is 5.52 Å². The van der Waals surface area contributed by atoms with E-state index >= 15 is 0 Å². The van der Waals surface area contributed by atoms with Crippen LogP contribution < -0.4 is 14.7 Å². The normalized spacial score (nSPS) is 16.6. The molecule has 1 amide bonds. The molecule has 0 fully saturated rings. The van der Waals surface area contributed by atoms with Crippen LogP contribution in [0.25, 0.3) is 16.3 Å². The molecule has 0 saturated heterocycles. The number of carbonyl (C=O) groups is 1. The molecule has 280 valence electrons. The SMILES string of the molecule is CN(C(=O)OC(C)(C)C)C1=C(/C=C/c2sc3ccccc3[n+]2CCCCS(=O)(=O)[O-])CC/C1=C\C=C1/Sc2ccccc2N1CCCCSOO[O-]. The molecule has 52 heavy (non-hydrogen) atoms. The zero-order valence-electron chi connectivity index (χ0n) is 29.7. The Hall–Kier alpha value is -3.15. The second-order valence-corrected chi connectivity index (χ2v) is 17.8. The number of thiazole rings is 1. The molecule has 15 heteroatoms. The maximum Gasteiger partial charge on any atom is 0.414 e. The van der Waals surface area contributed by atoms with Crippen molar-refractivity contribution < 1.29 is 41.7 Å². The summed E-state index contributed by atoms with van der Waals surface area (Å²) in [6, 6.07) is 16.4. The molecule has 0 N–H and O–H groups in total. The molecule has 11 nitrogen and oxygen atoms in total. The molecule has 0 unspecified atom stereocenters. The van der Waals surface area contributed by atoms with Gasteiger partial charge in [0.1, 0.15) is 10.3 Å². The number of para-hydroxylation sites is 2. The standard InChI is InChI=1S/C37H45N3O8S4/c1-37(2,3)46-36(41)38(4)35-27(19-21-33-39(23-9-11-25-49-48-47-42)29-13-5-7-15-31(29)50-33)17-18-28(35)20-22-34-40(24-10-12-26-52(43,44)45)30-14-6-8-16-32(30)51-34/h5-8,13-16,19-22H,9-12,17-18,23-26H2,1-4H3,(H-,42,43,44,45)/p-1. The lowest BCUT2D eigenvalue weighted by Crippen LogP contribution is -2.35. The molecular weight excluding hydrogens is 743 g/mol. The van der Waals surface area contributed by atoms with Crippen LogP contribution in [0.15, 0.2) is 93.5 Å². The largest absolute Gasteiger partial charge is 0.748 e. The summed E-state index contributed by atoms with van der Waals surface area (Å²) in [4.78, 5) is 18.5. The number of allylic oxidation sites excluding steroid dienone is 5. The Balaban J connectivity index is 1.45. The van der Waals surface area contributed by atoms with Gasteiger partial charge in [-0.15, -0.1) is 0 Å². The van der Waals surface area contributed by atoms with E-state index in [1.807, 2.05) is 51.1 Å².